The molecule has 1 aliphatic rings. The van der Waals surface area contributed by atoms with Crippen molar-refractivity contribution < 1.29 is 4.74 Å². The molecular weight excluding hydrogens is 564 g/mol. The fourth-order valence-corrected chi connectivity index (χ4v) is 6.86. The van der Waals surface area contributed by atoms with E-state index in [1.807, 2.05) is 52.9 Å². The predicted octanol–water partition coefficient (Wildman–Crippen LogP) is 3.52. The van der Waals surface area contributed by atoms with Crippen LogP contribution in [-0.4, -0.2) is 55.1 Å². The molecule has 0 radical (unpaired) electrons. The van der Waals surface area contributed by atoms with Crippen LogP contribution in [0.3, 0.4) is 0 Å². The van der Waals surface area contributed by atoms with Gasteiger partial charge in [-0.3, -0.25) is 25.0 Å². The van der Waals surface area contributed by atoms with E-state index in [0.29, 0.717) is 39.6 Å². The van der Waals surface area contributed by atoms with E-state index >= 15 is 0 Å². The second-order valence-corrected chi connectivity index (χ2v) is 10.6. The Balaban J connectivity index is 1.66. The Kier molecular flexibility index (Phi) is 5.70. The standard InChI is InChI=1S/C29H22N12OS/c1-2-8-31-20(5-1)28(21-7-12-39-40-21)27(24-34-15-16-35-24,23-19-30-13-14-33-23)41(26-37-10-4-11-38-26)29(42-28,22-6-3-9-32-22)25-36-17-18-43-25/h1-19,32H,(H,34,35)(H,39,40). The number of anilines is 1. The van der Waals surface area contributed by atoms with Crippen molar-refractivity contribution in [1.82, 2.24) is 55.1 Å². The molecule has 1 saturated heterocycles. The minimum Gasteiger partial charge on any atom is -0.361 e. The van der Waals surface area contributed by atoms with Gasteiger partial charge in [-0.05, 0) is 36.4 Å². The van der Waals surface area contributed by atoms with Gasteiger partial charge in [0.1, 0.15) is 5.82 Å². The molecule has 0 bridgehead atoms. The first-order valence-corrected chi connectivity index (χ1v) is 14.2. The van der Waals surface area contributed by atoms with Crippen LogP contribution in [0.15, 0.2) is 116 Å². The molecule has 7 aromatic heterocycles. The molecule has 0 aliphatic carbocycles. The summed E-state index contributed by atoms with van der Waals surface area (Å²) < 4.78 is 7.72. The number of ether oxygens (including phenoxy) is 1. The second kappa shape index (κ2) is 9.75. The molecule has 8 rings (SSSR count). The highest BCUT2D eigenvalue weighted by atomic mass is 32.1. The molecule has 0 aromatic carbocycles. The first-order chi connectivity index (χ1) is 21.3. The Labute approximate surface area is 248 Å². The van der Waals surface area contributed by atoms with E-state index in [9.17, 15) is 0 Å². The van der Waals surface area contributed by atoms with Crippen molar-refractivity contribution in [3.8, 4) is 0 Å². The summed E-state index contributed by atoms with van der Waals surface area (Å²) in [6.07, 6.45) is 18.7. The average molecular weight is 587 g/mol. The number of thiazole rings is 1. The van der Waals surface area contributed by atoms with Crippen molar-refractivity contribution in [3.63, 3.8) is 0 Å². The van der Waals surface area contributed by atoms with Crippen molar-refractivity contribution in [1.29, 1.82) is 0 Å². The number of hydrogen-bond acceptors (Lipinski definition) is 11. The van der Waals surface area contributed by atoms with E-state index in [-0.39, 0.29) is 0 Å². The molecule has 3 N–H and O–H groups in total. The fourth-order valence-electron chi connectivity index (χ4n) is 6.08. The SMILES string of the molecule is c1ccc(C2(c3ccn[nH]3)OC(c3ccc[nH]3)(c3nccs3)N(c3ncccn3)C2(c2cnccn2)c2ncc[nH]2)nc1. The highest BCUT2D eigenvalue weighted by Gasteiger charge is 2.78. The summed E-state index contributed by atoms with van der Waals surface area (Å²) in [5, 5.41) is 10.1. The van der Waals surface area contributed by atoms with Gasteiger partial charge in [-0.2, -0.15) is 5.10 Å². The van der Waals surface area contributed by atoms with Gasteiger partial charge in [0.25, 0.3) is 0 Å². The minimum absolute atomic E-state index is 0.326. The fraction of sp³-hybridized carbons (Fsp3) is 0.103. The maximum absolute atomic E-state index is 7.72. The zero-order valence-electron chi connectivity index (χ0n) is 22.3. The highest BCUT2D eigenvalue weighted by Crippen LogP contribution is 2.66. The molecule has 0 spiro atoms. The number of imidazole rings is 1. The third-order valence-corrected chi connectivity index (χ3v) is 8.44. The number of H-pyrrole nitrogens is 3. The molecule has 1 aliphatic heterocycles. The lowest BCUT2D eigenvalue weighted by atomic mass is 9.71. The molecule has 3 unspecified atom stereocenters. The topological polar surface area (TPSA) is 163 Å². The van der Waals surface area contributed by atoms with E-state index in [1.165, 1.54) is 11.3 Å². The lowest BCUT2D eigenvalue weighted by molar-refractivity contribution is -0.0870. The van der Waals surface area contributed by atoms with Crippen molar-refractivity contribution in [2.24, 2.45) is 0 Å². The highest BCUT2D eigenvalue weighted by molar-refractivity contribution is 7.09. The molecular formula is C29H22N12OS. The summed E-state index contributed by atoms with van der Waals surface area (Å²) in [6.45, 7) is 0. The number of nitrogens with zero attached hydrogens (tertiary/aromatic N) is 9. The van der Waals surface area contributed by atoms with E-state index in [1.54, 1.807) is 68.0 Å². The zero-order chi connectivity index (χ0) is 28.7. The summed E-state index contributed by atoms with van der Waals surface area (Å²) in [5.41, 5.74) is -2.22. The van der Waals surface area contributed by atoms with Crippen LogP contribution in [0.4, 0.5) is 5.95 Å². The number of aromatic amines is 3. The third kappa shape index (κ3) is 3.35. The van der Waals surface area contributed by atoms with Gasteiger partial charge in [0.05, 0.1) is 29.0 Å². The van der Waals surface area contributed by atoms with Gasteiger partial charge in [0, 0.05) is 67.3 Å². The van der Waals surface area contributed by atoms with Crippen molar-refractivity contribution in [2.75, 3.05) is 4.90 Å². The molecule has 7 aromatic rings. The average Bonchev–Trinajstić information content (AvgIpc) is 3.92. The monoisotopic (exact) mass is 586 g/mol. The minimum atomic E-state index is -1.53. The molecule has 43 heavy (non-hydrogen) atoms. The van der Waals surface area contributed by atoms with E-state index in [2.05, 4.69) is 25.1 Å². The largest absolute Gasteiger partial charge is 0.361 e. The van der Waals surface area contributed by atoms with Crippen LogP contribution < -0.4 is 4.90 Å². The molecule has 0 amide bonds. The summed E-state index contributed by atoms with van der Waals surface area (Å²) in [6, 6.07) is 13.2. The van der Waals surface area contributed by atoms with E-state index < -0.39 is 16.9 Å². The smallest absolute Gasteiger partial charge is 0.241 e. The molecule has 8 heterocycles. The van der Waals surface area contributed by atoms with Gasteiger partial charge >= 0.3 is 0 Å². The molecule has 0 saturated carbocycles. The van der Waals surface area contributed by atoms with Crippen LogP contribution in [0.25, 0.3) is 0 Å². The van der Waals surface area contributed by atoms with Gasteiger partial charge in [-0.25, -0.2) is 19.9 Å². The second-order valence-electron chi connectivity index (χ2n) is 9.66. The number of rotatable bonds is 7. The summed E-state index contributed by atoms with van der Waals surface area (Å²) in [4.78, 5) is 42.5. The Bertz CT molecular complexity index is 1870. The van der Waals surface area contributed by atoms with Gasteiger partial charge in [0.15, 0.2) is 16.1 Å². The third-order valence-electron chi connectivity index (χ3n) is 7.58. The van der Waals surface area contributed by atoms with Crippen molar-refractivity contribution >= 4 is 17.3 Å². The number of nitrogens with one attached hydrogen (secondary N) is 3. The molecule has 1 fully saturated rings. The normalized spacial score (nSPS) is 23.5. The maximum Gasteiger partial charge on any atom is 0.241 e. The molecule has 3 atom stereocenters. The molecule has 13 nitrogen and oxygen atoms in total. The lowest BCUT2D eigenvalue weighted by Gasteiger charge is -2.45. The molecule has 210 valence electrons. The van der Waals surface area contributed by atoms with Crippen LogP contribution in [0.2, 0.25) is 0 Å². The van der Waals surface area contributed by atoms with Gasteiger partial charge < -0.3 is 14.7 Å². The molecule has 14 heteroatoms. The van der Waals surface area contributed by atoms with Gasteiger partial charge in [0.2, 0.25) is 11.7 Å². The van der Waals surface area contributed by atoms with Crippen LogP contribution in [0, 0.1) is 0 Å². The van der Waals surface area contributed by atoms with Crippen LogP contribution in [0.5, 0.6) is 0 Å². The van der Waals surface area contributed by atoms with Crippen LogP contribution >= 0.6 is 11.3 Å². The van der Waals surface area contributed by atoms with Gasteiger partial charge in [-0.1, -0.05) is 6.07 Å². The van der Waals surface area contributed by atoms with Gasteiger partial charge in [-0.15, -0.1) is 11.3 Å². The van der Waals surface area contributed by atoms with Crippen molar-refractivity contribution in [3.05, 3.63) is 150 Å². The maximum atomic E-state index is 7.72. The van der Waals surface area contributed by atoms with Crippen molar-refractivity contribution in [2.45, 2.75) is 16.9 Å². The Hall–Kier alpha value is -5.60. The van der Waals surface area contributed by atoms with E-state index in [4.69, 9.17) is 34.6 Å². The summed E-state index contributed by atoms with van der Waals surface area (Å²) >= 11 is 1.44. The van der Waals surface area contributed by atoms with Crippen LogP contribution in [-0.2, 0) is 21.6 Å². The first-order valence-electron chi connectivity index (χ1n) is 13.3. The predicted molar refractivity (Wildman–Crippen MR) is 154 cm³/mol. The summed E-state index contributed by atoms with van der Waals surface area (Å²) in [7, 11) is 0. The zero-order valence-corrected chi connectivity index (χ0v) is 23.1. The number of hydrogen-bond donors (Lipinski definition) is 3. The number of pyridine rings is 1. The summed E-state index contributed by atoms with van der Waals surface area (Å²) in [5.74, 6) is 0.803. The van der Waals surface area contributed by atoms with E-state index in [0.717, 1.165) is 0 Å². The quantitative estimate of drug-likeness (QED) is 0.252. The Morgan fingerprint density at radius 1 is 0.698 bits per heavy atom. The first kappa shape index (κ1) is 25.1. The van der Waals surface area contributed by atoms with Crippen LogP contribution in [0.1, 0.15) is 33.6 Å². The Morgan fingerprint density at radius 3 is 2.28 bits per heavy atom. The number of aromatic nitrogens is 11. The Morgan fingerprint density at radius 2 is 1.60 bits per heavy atom. The lowest BCUT2D eigenvalue weighted by Crippen LogP contribution is -2.60.